The van der Waals surface area contributed by atoms with Crippen molar-refractivity contribution in [3.05, 3.63) is 64.7 Å². The molecule has 1 aliphatic heterocycles. The minimum atomic E-state index is -3.54. The number of hydrogen-bond donors (Lipinski definition) is 2. The zero-order valence-corrected chi connectivity index (χ0v) is 13.8. The average Bonchev–Trinajstić information content (AvgIpc) is 3.00. The van der Waals surface area contributed by atoms with Crippen molar-refractivity contribution >= 4 is 15.9 Å². The Kier molecular flexibility index (Phi) is 4.55. The maximum atomic E-state index is 12.2. The molecule has 0 fully saturated rings. The van der Waals surface area contributed by atoms with Gasteiger partial charge in [0, 0.05) is 18.5 Å². The topological polar surface area (TPSA) is 98.5 Å². The van der Waals surface area contributed by atoms with Crippen molar-refractivity contribution in [2.75, 3.05) is 6.61 Å². The van der Waals surface area contributed by atoms with Crippen molar-refractivity contribution in [3.63, 3.8) is 0 Å². The van der Waals surface area contributed by atoms with E-state index in [-0.39, 0.29) is 11.7 Å². The molecule has 2 aromatic rings. The zero-order chi connectivity index (χ0) is 17.2. The quantitative estimate of drug-likeness (QED) is 0.853. The van der Waals surface area contributed by atoms with Crippen LogP contribution in [0, 0.1) is 0 Å². The van der Waals surface area contributed by atoms with Crippen LogP contribution in [-0.2, 0) is 28.7 Å². The van der Waals surface area contributed by atoms with Crippen molar-refractivity contribution in [1.82, 2.24) is 5.32 Å². The van der Waals surface area contributed by atoms with Crippen LogP contribution in [0.2, 0.25) is 0 Å². The first-order valence-electron chi connectivity index (χ1n) is 7.53. The average molecular weight is 346 g/mol. The minimum Gasteiger partial charge on any atom is -0.493 e. The smallest absolute Gasteiger partial charge is 0.251 e. The van der Waals surface area contributed by atoms with Gasteiger partial charge in [-0.1, -0.05) is 24.3 Å². The van der Waals surface area contributed by atoms with Crippen molar-refractivity contribution in [2.45, 2.75) is 18.7 Å². The van der Waals surface area contributed by atoms with Crippen LogP contribution in [0.15, 0.2) is 42.5 Å². The number of amides is 1. The Balaban J connectivity index is 1.60. The van der Waals surface area contributed by atoms with Crippen molar-refractivity contribution in [2.24, 2.45) is 5.14 Å². The number of ether oxygens (including phenoxy) is 1. The van der Waals surface area contributed by atoms with Gasteiger partial charge in [0.25, 0.3) is 5.91 Å². The number of rotatable bonds is 5. The highest BCUT2D eigenvalue weighted by atomic mass is 32.2. The highest BCUT2D eigenvalue weighted by Gasteiger charge is 2.14. The van der Waals surface area contributed by atoms with Crippen LogP contribution in [0.1, 0.15) is 27.0 Å². The van der Waals surface area contributed by atoms with Gasteiger partial charge in [0.1, 0.15) is 5.75 Å². The molecular weight excluding hydrogens is 328 g/mol. The lowest BCUT2D eigenvalue weighted by molar-refractivity contribution is 0.0951. The Bertz CT molecular complexity index is 861. The van der Waals surface area contributed by atoms with Crippen molar-refractivity contribution in [1.29, 1.82) is 0 Å². The second-order valence-electron chi connectivity index (χ2n) is 5.73. The fourth-order valence-electron chi connectivity index (χ4n) is 2.60. The van der Waals surface area contributed by atoms with Crippen molar-refractivity contribution in [3.8, 4) is 5.75 Å². The van der Waals surface area contributed by atoms with E-state index in [4.69, 9.17) is 9.88 Å². The fraction of sp³-hybridized carbons (Fsp3) is 0.235. The van der Waals surface area contributed by atoms with Gasteiger partial charge in [-0.3, -0.25) is 4.79 Å². The number of nitrogens with one attached hydrogen (secondary N) is 1. The number of sulfonamides is 1. The van der Waals surface area contributed by atoms with Gasteiger partial charge in [-0.05, 0) is 34.9 Å². The largest absolute Gasteiger partial charge is 0.493 e. The Morgan fingerprint density at radius 3 is 2.54 bits per heavy atom. The number of hydrogen-bond acceptors (Lipinski definition) is 4. The standard InChI is InChI=1S/C17H18N2O4S/c18-24(21,22)11-13-3-1-12(2-4-13)10-19-17(20)15-5-6-16-14(9-15)7-8-23-16/h1-6,9H,7-8,10-11H2,(H,19,20)(H2,18,21,22). The van der Waals surface area contributed by atoms with Crippen LogP contribution in [0.25, 0.3) is 0 Å². The number of primary sulfonamides is 1. The molecule has 1 amide bonds. The number of carbonyl (C=O) groups excluding carboxylic acids is 1. The summed E-state index contributed by atoms with van der Waals surface area (Å²) in [6.45, 7) is 1.02. The molecule has 0 bridgehead atoms. The second kappa shape index (κ2) is 6.62. The summed E-state index contributed by atoms with van der Waals surface area (Å²) in [7, 11) is -3.54. The molecule has 0 aliphatic carbocycles. The molecule has 126 valence electrons. The SMILES string of the molecule is NS(=O)(=O)Cc1ccc(CNC(=O)c2ccc3c(c2)CCO3)cc1. The second-order valence-corrected chi connectivity index (χ2v) is 7.34. The summed E-state index contributed by atoms with van der Waals surface area (Å²) in [6, 6.07) is 12.4. The van der Waals surface area contributed by atoms with Crippen LogP contribution in [0.5, 0.6) is 5.75 Å². The summed E-state index contributed by atoms with van der Waals surface area (Å²) in [4.78, 5) is 12.2. The van der Waals surface area contributed by atoms with Gasteiger partial charge >= 0.3 is 0 Å². The van der Waals surface area contributed by atoms with Gasteiger partial charge in [-0.2, -0.15) is 0 Å². The predicted molar refractivity (Wildman–Crippen MR) is 90.1 cm³/mol. The van der Waals surface area contributed by atoms with E-state index in [0.29, 0.717) is 24.3 Å². The number of carbonyl (C=O) groups is 1. The third-order valence-electron chi connectivity index (χ3n) is 3.80. The molecule has 2 aromatic carbocycles. The lowest BCUT2D eigenvalue weighted by atomic mass is 10.1. The molecule has 0 spiro atoms. The van der Waals surface area contributed by atoms with E-state index in [2.05, 4.69) is 5.32 Å². The van der Waals surface area contributed by atoms with Crippen LogP contribution in [0.3, 0.4) is 0 Å². The highest BCUT2D eigenvalue weighted by Crippen LogP contribution is 2.25. The predicted octanol–water partition coefficient (Wildman–Crippen LogP) is 1.34. The normalized spacial score (nSPS) is 13.2. The number of nitrogens with two attached hydrogens (primary N) is 1. The third-order valence-corrected chi connectivity index (χ3v) is 4.53. The molecule has 0 radical (unpaired) electrons. The van der Waals surface area contributed by atoms with Crippen LogP contribution >= 0.6 is 0 Å². The van der Waals surface area contributed by atoms with Gasteiger partial charge in [-0.15, -0.1) is 0 Å². The van der Waals surface area contributed by atoms with Crippen LogP contribution in [-0.4, -0.2) is 20.9 Å². The third kappa shape index (κ3) is 4.12. The summed E-state index contributed by atoms with van der Waals surface area (Å²) in [5.41, 5.74) is 3.15. The molecule has 0 saturated carbocycles. The summed E-state index contributed by atoms with van der Waals surface area (Å²) in [5.74, 6) is 0.493. The maximum absolute atomic E-state index is 12.2. The van der Waals surface area contributed by atoms with E-state index in [1.807, 2.05) is 12.1 Å². The van der Waals surface area contributed by atoms with E-state index >= 15 is 0 Å². The molecule has 0 atom stereocenters. The number of benzene rings is 2. The van der Waals surface area contributed by atoms with E-state index in [1.165, 1.54) is 0 Å². The zero-order valence-electron chi connectivity index (χ0n) is 13.0. The monoisotopic (exact) mass is 346 g/mol. The molecule has 7 heteroatoms. The summed E-state index contributed by atoms with van der Waals surface area (Å²) in [6.07, 6.45) is 0.821. The molecule has 3 rings (SSSR count). The number of fused-ring (bicyclic) bond motifs is 1. The Morgan fingerprint density at radius 1 is 1.12 bits per heavy atom. The summed E-state index contributed by atoms with van der Waals surface area (Å²) < 4.78 is 27.5. The van der Waals surface area contributed by atoms with Gasteiger partial charge < -0.3 is 10.1 Å². The molecule has 1 aliphatic rings. The Labute approximate surface area is 140 Å². The van der Waals surface area contributed by atoms with Crippen molar-refractivity contribution < 1.29 is 17.9 Å². The minimum absolute atomic E-state index is 0.154. The Hall–Kier alpha value is -2.38. The summed E-state index contributed by atoms with van der Waals surface area (Å²) >= 11 is 0. The molecule has 1 heterocycles. The molecular formula is C17H18N2O4S. The molecule has 3 N–H and O–H groups in total. The van der Waals surface area contributed by atoms with Crippen LogP contribution in [0.4, 0.5) is 0 Å². The fourth-order valence-corrected chi connectivity index (χ4v) is 3.25. The molecule has 0 saturated heterocycles. The van der Waals surface area contributed by atoms with E-state index in [9.17, 15) is 13.2 Å². The summed E-state index contributed by atoms with van der Waals surface area (Å²) in [5, 5.41) is 7.86. The van der Waals surface area contributed by atoms with E-state index in [0.717, 1.165) is 23.3 Å². The highest BCUT2D eigenvalue weighted by molar-refractivity contribution is 7.88. The van der Waals surface area contributed by atoms with Gasteiger partial charge in [-0.25, -0.2) is 13.6 Å². The van der Waals surface area contributed by atoms with Crippen LogP contribution < -0.4 is 15.2 Å². The first-order chi connectivity index (χ1) is 11.4. The molecule has 0 unspecified atom stereocenters. The van der Waals surface area contributed by atoms with E-state index < -0.39 is 10.0 Å². The molecule has 0 aromatic heterocycles. The van der Waals surface area contributed by atoms with Gasteiger partial charge in [0.2, 0.25) is 10.0 Å². The first-order valence-corrected chi connectivity index (χ1v) is 9.24. The van der Waals surface area contributed by atoms with E-state index in [1.54, 1.807) is 30.3 Å². The lowest BCUT2D eigenvalue weighted by Crippen LogP contribution is -2.22. The lowest BCUT2D eigenvalue weighted by Gasteiger charge is -2.07. The van der Waals surface area contributed by atoms with Gasteiger partial charge in [0.05, 0.1) is 12.4 Å². The molecule has 24 heavy (non-hydrogen) atoms. The van der Waals surface area contributed by atoms with Gasteiger partial charge in [0.15, 0.2) is 0 Å². The Morgan fingerprint density at radius 2 is 1.83 bits per heavy atom. The first kappa shape index (κ1) is 16.5. The molecule has 6 nitrogen and oxygen atoms in total. The maximum Gasteiger partial charge on any atom is 0.251 e.